The summed E-state index contributed by atoms with van der Waals surface area (Å²) in [6.45, 7) is 4.09. The van der Waals surface area contributed by atoms with Crippen LogP contribution in [-0.4, -0.2) is 41.9 Å². The van der Waals surface area contributed by atoms with Gasteiger partial charge in [-0.15, -0.1) is 10.2 Å². The average Bonchev–Trinajstić information content (AvgIpc) is 3.43. The minimum atomic E-state index is -0.551. The molecule has 2 aromatic carbocycles. The molecule has 0 radical (unpaired) electrons. The van der Waals surface area contributed by atoms with Crippen molar-refractivity contribution >= 4 is 45.6 Å². The number of nitrogens with one attached hydrogen (secondary N) is 1. The Kier molecular flexibility index (Phi) is 8.24. The molecule has 216 valence electrons. The molecule has 1 aliphatic carbocycles. The van der Waals surface area contributed by atoms with Crippen LogP contribution in [0, 0.1) is 16.7 Å². The lowest BCUT2D eigenvalue weighted by Gasteiger charge is -2.42. The highest BCUT2D eigenvalue weighted by Crippen LogP contribution is 2.50. The number of carbonyl (C=O) groups excluding carboxylic acids is 2. The SMILES string of the molecule is COc1ccc(OC)c(NC(=O)CSc2nnc(N3C(N)=C(C#N)C(c4ccccc4)C4=C3CC(C)(C)CC4=O)s2)c1. The fraction of sp³-hybridized carbons (Fsp3) is 0.300. The van der Waals surface area contributed by atoms with Crippen molar-refractivity contribution in [3.8, 4) is 17.6 Å². The van der Waals surface area contributed by atoms with Gasteiger partial charge in [0.25, 0.3) is 0 Å². The third-order valence-electron chi connectivity index (χ3n) is 7.11. The van der Waals surface area contributed by atoms with E-state index in [1.165, 1.54) is 30.2 Å². The summed E-state index contributed by atoms with van der Waals surface area (Å²) in [5.74, 6) is 0.572. The first-order valence-corrected chi connectivity index (χ1v) is 14.9. The zero-order valence-corrected chi connectivity index (χ0v) is 25.3. The molecule has 3 N–H and O–H groups in total. The number of ketones is 1. The van der Waals surface area contributed by atoms with Crippen LogP contribution in [0.5, 0.6) is 11.5 Å². The summed E-state index contributed by atoms with van der Waals surface area (Å²) in [5.41, 5.74) is 9.31. The molecular formula is C30H30N6O4S2. The van der Waals surface area contributed by atoms with Gasteiger partial charge in [-0.05, 0) is 29.5 Å². The molecule has 42 heavy (non-hydrogen) atoms. The van der Waals surface area contributed by atoms with Crippen LogP contribution in [0.3, 0.4) is 0 Å². The highest BCUT2D eigenvalue weighted by atomic mass is 32.2. The van der Waals surface area contributed by atoms with E-state index in [0.717, 1.165) is 11.3 Å². The number of rotatable bonds is 8. The van der Waals surface area contributed by atoms with Gasteiger partial charge in [-0.25, -0.2) is 0 Å². The molecule has 3 aromatic rings. The average molecular weight is 603 g/mol. The van der Waals surface area contributed by atoms with Gasteiger partial charge in [0.1, 0.15) is 17.3 Å². The van der Waals surface area contributed by atoms with Crippen molar-refractivity contribution in [2.75, 3.05) is 30.2 Å². The van der Waals surface area contributed by atoms with Gasteiger partial charge in [0, 0.05) is 23.8 Å². The van der Waals surface area contributed by atoms with E-state index in [1.54, 1.807) is 30.2 Å². The number of hydrogen-bond acceptors (Lipinski definition) is 11. The first kappa shape index (κ1) is 29.2. The van der Waals surface area contributed by atoms with Crippen molar-refractivity contribution in [2.24, 2.45) is 11.1 Å². The first-order valence-electron chi connectivity index (χ1n) is 13.1. The number of nitrogens with two attached hydrogens (primary N) is 1. The quantitative estimate of drug-likeness (QED) is 0.329. The number of allylic oxidation sites excluding steroid dienone is 3. The summed E-state index contributed by atoms with van der Waals surface area (Å²) in [7, 11) is 3.07. The second-order valence-corrected chi connectivity index (χ2v) is 12.8. The number of amides is 1. The molecule has 0 fully saturated rings. The van der Waals surface area contributed by atoms with E-state index >= 15 is 0 Å². The Morgan fingerprint density at radius 1 is 1.19 bits per heavy atom. The maximum Gasteiger partial charge on any atom is 0.234 e. The van der Waals surface area contributed by atoms with E-state index in [0.29, 0.717) is 50.6 Å². The zero-order chi connectivity index (χ0) is 30.0. The number of Topliss-reactive ketones (excluding diaryl/α,β-unsaturated/α-hetero) is 1. The molecule has 1 unspecified atom stereocenters. The highest BCUT2D eigenvalue weighted by Gasteiger charge is 2.45. The topological polar surface area (TPSA) is 143 Å². The Bertz CT molecular complexity index is 1640. The Balaban J connectivity index is 1.43. The molecule has 12 heteroatoms. The Labute approximate surface area is 252 Å². The Morgan fingerprint density at radius 2 is 1.95 bits per heavy atom. The van der Waals surface area contributed by atoms with Crippen LogP contribution in [-0.2, 0) is 9.59 Å². The molecule has 2 aliphatic rings. The smallest absolute Gasteiger partial charge is 0.234 e. The standard InChI is InChI=1S/C30H30N6O4S2/c1-30(2)13-21-26(22(37)14-30)25(17-8-6-5-7-9-17)19(15-31)27(32)36(21)28-34-35-29(42-28)41-16-24(38)33-20-12-18(39-3)10-11-23(20)40-4/h5-12,25H,13-14,16,32H2,1-4H3,(H,33,38). The van der Waals surface area contributed by atoms with E-state index in [9.17, 15) is 14.9 Å². The van der Waals surface area contributed by atoms with Crippen molar-refractivity contribution in [1.29, 1.82) is 5.26 Å². The first-order chi connectivity index (χ1) is 20.2. The number of benzene rings is 2. The largest absolute Gasteiger partial charge is 0.497 e. The third kappa shape index (κ3) is 5.70. The lowest BCUT2D eigenvalue weighted by atomic mass is 9.69. The maximum atomic E-state index is 13.6. The molecule has 1 aliphatic heterocycles. The number of anilines is 2. The summed E-state index contributed by atoms with van der Waals surface area (Å²) >= 11 is 2.46. The number of thioether (sulfide) groups is 1. The zero-order valence-electron chi connectivity index (χ0n) is 23.6. The highest BCUT2D eigenvalue weighted by molar-refractivity contribution is 8.01. The molecule has 1 atom stereocenters. The van der Waals surface area contributed by atoms with E-state index < -0.39 is 5.92 Å². The summed E-state index contributed by atoms with van der Waals surface area (Å²) in [5, 5.41) is 22.2. The number of hydrogen-bond donors (Lipinski definition) is 2. The van der Waals surface area contributed by atoms with E-state index in [2.05, 4.69) is 21.6 Å². The number of nitrogens with zero attached hydrogens (tertiary/aromatic N) is 4. The molecule has 10 nitrogen and oxygen atoms in total. The number of aromatic nitrogens is 2. The summed E-state index contributed by atoms with van der Waals surface area (Å²) in [4.78, 5) is 28.1. The monoisotopic (exact) mass is 602 g/mol. The van der Waals surface area contributed by atoms with Gasteiger partial charge >= 0.3 is 0 Å². The second-order valence-electron chi connectivity index (χ2n) is 10.6. The minimum Gasteiger partial charge on any atom is -0.497 e. The lowest BCUT2D eigenvalue weighted by Crippen LogP contribution is -2.42. The Hall–Kier alpha value is -4.34. The minimum absolute atomic E-state index is 0.0101. The third-order valence-corrected chi connectivity index (χ3v) is 9.15. The van der Waals surface area contributed by atoms with Crippen LogP contribution in [0.4, 0.5) is 10.8 Å². The van der Waals surface area contributed by atoms with Crippen LogP contribution < -0.4 is 25.4 Å². The van der Waals surface area contributed by atoms with Gasteiger partial charge in [0.05, 0.1) is 43.2 Å². The molecule has 1 aromatic heterocycles. The van der Waals surface area contributed by atoms with Crippen LogP contribution in [0.15, 0.2) is 75.5 Å². The van der Waals surface area contributed by atoms with Crippen LogP contribution in [0.1, 0.15) is 38.2 Å². The van der Waals surface area contributed by atoms with Crippen LogP contribution in [0.2, 0.25) is 0 Å². The van der Waals surface area contributed by atoms with E-state index in [-0.39, 0.29) is 28.7 Å². The summed E-state index contributed by atoms with van der Waals surface area (Å²) in [6.07, 6.45) is 0.940. The van der Waals surface area contributed by atoms with E-state index in [4.69, 9.17) is 15.2 Å². The van der Waals surface area contributed by atoms with E-state index in [1.807, 2.05) is 44.2 Å². The summed E-state index contributed by atoms with van der Waals surface area (Å²) < 4.78 is 11.1. The van der Waals surface area contributed by atoms with Gasteiger partial charge < -0.3 is 20.5 Å². The van der Waals surface area contributed by atoms with Gasteiger partial charge in [0.2, 0.25) is 11.0 Å². The fourth-order valence-electron chi connectivity index (χ4n) is 5.28. The van der Waals surface area contributed by atoms with Crippen molar-refractivity contribution in [1.82, 2.24) is 10.2 Å². The number of nitriles is 1. The van der Waals surface area contributed by atoms with Gasteiger partial charge in [-0.3, -0.25) is 14.5 Å². The van der Waals surface area contributed by atoms with Gasteiger partial charge in [-0.1, -0.05) is 67.3 Å². The van der Waals surface area contributed by atoms with Crippen LogP contribution >= 0.6 is 23.1 Å². The molecular weight excluding hydrogens is 573 g/mol. The van der Waals surface area contributed by atoms with Crippen molar-refractivity contribution in [3.05, 3.63) is 76.8 Å². The van der Waals surface area contributed by atoms with Gasteiger partial charge in [-0.2, -0.15) is 5.26 Å². The molecule has 5 rings (SSSR count). The maximum absolute atomic E-state index is 13.6. The van der Waals surface area contributed by atoms with Crippen molar-refractivity contribution in [3.63, 3.8) is 0 Å². The Morgan fingerprint density at radius 3 is 2.64 bits per heavy atom. The lowest BCUT2D eigenvalue weighted by molar-refractivity contribution is -0.118. The molecule has 0 bridgehead atoms. The normalized spacial score (nSPS) is 17.9. The number of carbonyl (C=O) groups is 2. The second kappa shape index (κ2) is 11.9. The number of ether oxygens (including phenoxy) is 2. The predicted octanol–water partition coefficient (Wildman–Crippen LogP) is 5.23. The van der Waals surface area contributed by atoms with Crippen molar-refractivity contribution in [2.45, 2.75) is 36.9 Å². The molecule has 2 heterocycles. The molecule has 0 spiro atoms. The molecule has 0 saturated heterocycles. The molecule has 1 amide bonds. The molecule has 0 saturated carbocycles. The number of methoxy groups -OCH3 is 2. The van der Waals surface area contributed by atoms with Gasteiger partial charge in [0.15, 0.2) is 10.1 Å². The predicted molar refractivity (Wildman–Crippen MR) is 162 cm³/mol. The fourth-order valence-corrected chi connectivity index (χ4v) is 6.96. The van der Waals surface area contributed by atoms with Crippen molar-refractivity contribution < 1.29 is 19.1 Å². The van der Waals surface area contributed by atoms with Crippen LogP contribution in [0.25, 0.3) is 0 Å². The summed E-state index contributed by atoms with van der Waals surface area (Å²) in [6, 6.07) is 16.9.